The van der Waals surface area contributed by atoms with Crippen LogP contribution in [-0.4, -0.2) is 71.9 Å². The average molecular weight is 564 g/mol. The SMILES string of the molecule is C=C1C(=O)[C@]23[C@H](O)[C@H]1CC[C@H]2[C@@]12CO[C@@]3(O)[C@@H](O)[C@@H]1C(C)(C)C[C@H](n1cc(-c3ccc(C(C)(C)C)cc3)nn1)[C@H]2O. The van der Waals surface area contributed by atoms with Crippen LogP contribution in [0.1, 0.15) is 65.5 Å². The van der Waals surface area contributed by atoms with Gasteiger partial charge in [-0.05, 0) is 47.1 Å². The predicted octanol–water partition coefficient (Wildman–Crippen LogP) is 2.78. The zero-order chi connectivity index (χ0) is 29.5. The number of hydrogen-bond donors (Lipinski definition) is 4. The van der Waals surface area contributed by atoms with Crippen LogP contribution in [0.25, 0.3) is 11.3 Å². The molecule has 1 aromatic carbocycles. The molecule has 4 bridgehead atoms. The van der Waals surface area contributed by atoms with Gasteiger partial charge in [-0.15, -0.1) is 5.10 Å². The first kappa shape index (κ1) is 27.4. The van der Waals surface area contributed by atoms with E-state index in [2.05, 4.69) is 49.8 Å². The lowest BCUT2D eigenvalue weighted by Crippen LogP contribution is -2.86. The van der Waals surface area contributed by atoms with E-state index in [-0.39, 0.29) is 17.6 Å². The lowest BCUT2D eigenvalue weighted by atomic mass is 9.35. The summed E-state index contributed by atoms with van der Waals surface area (Å²) < 4.78 is 7.76. The van der Waals surface area contributed by atoms with Crippen molar-refractivity contribution in [1.82, 2.24) is 15.0 Å². The molecule has 1 aromatic heterocycles. The van der Waals surface area contributed by atoms with E-state index < -0.39 is 69.9 Å². The molecule has 4 saturated carbocycles. The van der Waals surface area contributed by atoms with Gasteiger partial charge in [-0.3, -0.25) is 4.79 Å². The van der Waals surface area contributed by atoms with E-state index in [1.54, 1.807) is 4.68 Å². The fraction of sp³-hybridized carbons (Fsp3) is 0.656. The maximum absolute atomic E-state index is 13.9. The Kier molecular flexibility index (Phi) is 5.44. The molecule has 6 fully saturated rings. The highest BCUT2D eigenvalue weighted by molar-refractivity contribution is 6.05. The number of carbonyl (C=O) groups is 1. The number of aliphatic hydroxyl groups excluding tert-OH is 3. The Labute approximate surface area is 240 Å². The topological polar surface area (TPSA) is 138 Å². The van der Waals surface area contributed by atoms with Gasteiger partial charge in [0.1, 0.15) is 17.2 Å². The smallest absolute Gasteiger partial charge is 0.208 e. The van der Waals surface area contributed by atoms with E-state index in [4.69, 9.17) is 4.74 Å². The summed E-state index contributed by atoms with van der Waals surface area (Å²) in [5, 5.41) is 56.8. The van der Waals surface area contributed by atoms with E-state index in [1.807, 2.05) is 32.2 Å². The number of ketones is 1. The summed E-state index contributed by atoms with van der Waals surface area (Å²) >= 11 is 0. The highest BCUT2D eigenvalue weighted by Crippen LogP contribution is 2.77. The highest BCUT2D eigenvalue weighted by atomic mass is 16.6. The Hall–Kier alpha value is -2.43. The first-order chi connectivity index (χ1) is 19.1. The Morgan fingerprint density at radius 3 is 2.39 bits per heavy atom. The quantitative estimate of drug-likeness (QED) is 0.410. The summed E-state index contributed by atoms with van der Waals surface area (Å²) in [6.07, 6.45) is -0.470. The molecular formula is C32H41N3O6. The third-order valence-electron chi connectivity index (χ3n) is 11.7. The molecule has 0 amide bonds. The lowest BCUT2D eigenvalue weighted by Gasteiger charge is -2.75. The summed E-state index contributed by atoms with van der Waals surface area (Å²) in [5.41, 5.74) is -0.355. The standard InChI is InChI=1S/C32H41N3O6/c1-16-19-11-12-22-30-15-41-32(40,31(22,24(16)36)25(19)37)27(39)23(30)29(5,6)13-21(26(30)38)35-14-20(33-34-35)17-7-9-18(10-8-17)28(2,3)4/h7-10,14,19,21-23,25-27,37-40H,1,11-13,15H2,2-6H3/t19-,21-,22-,23+,25+,26+,27-,30-,31-,32-/m0/s1. The van der Waals surface area contributed by atoms with Crippen molar-refractivity contribution >= 4 is 5.78 Å². The number of nitrogens with zero attached hydrogens (tertiary/aromatic N) is 3. The number of aromatic nitrogens is 3. The fourth-order valence-electron chi connectivity index (χ4n) is 9.99. The molecular weight excluding hydrogens is 522 g/mol. The Bertz CT molecular complexity index is 1440. The van der Waals surface area contributed by atoms with Gasteiger partial charge >= 0.3 is 0 Å². The van der Waals surface area contributed by atoms with Crippen molar-refractivity contribution in [3.63, 3.8) is 0 Å². The molecule has 2 saturated heterocycles. The fourth-order valence-corrected chi connectivity index (χ4v) is 9.99. The minimum atomic E-state index is -2.26. The first-order valence-electron chi connectivity index (χ1n) is 14.8. The van der Waals surface area contributed by atoms with Crippen molar-refractivity contribution in [1.29, 1.82) is 0 Å². The minimum Gasteiger partial charge on any atom is -0.391 e. The summed E-state index contributed by atoms with van der Waals surface area (Å²) in [7, 11) is 0. The molecule has 6 aliphatic rings. The van der Waals surface area contributed by atoms with Crippen molar-refractivity contribution in [3.05, 3.63) is 48.2 Å². The predicted molar refractivity (Wildman–Crippen MR) is 149 cm³/mol. The van der Waals surface area contributed by atoms with E-state index in [9.17, 15) is 25.2 Å². The number of rotatable bonds is 2. The van der Waals surface area contributed by atoms with Crippen LogP contribution in [0, 0.1) is 34.0 Å². The summed E-state index contributed by atoms with van der Waals surface area (Å²) in [5.74, 6) is -4.40. The third kappa shape index (κ3) is 3.06. The molecule has 8 rings (SSSR count). The van der Waals surface area contributed by atoms with Crippen molar-refractivity contribution in [2.24, 2.45) is 34.0 Å². The van der Waals surface area contributed by atoms with E-state index in [0.717, 1.165) is 5.56 Å². The van der Waals surface area contributed by atoms with Crippen LogP contribution in [0.2, 0.25) is 0 Å². The zero-order valence-corrected chi connectivity index (χ0v) is 24.4. The average Bonchev–Trinajstić information content (AvgIpc) is 3.43. The van der Waals surface area contributed by atoms with Crippen molar-refractivity contribution in [2.75, 3.05) is 6.61 Å². The maximum atomic E-state index is 13.9. The van der Waals surface area contributed by atoms with Crippen molar-refractivity contribution in [2.45, 2.75) is 89.4 Å². The molecule has 3 heterocycles. The summed E-state index contributed by atoms with van der Waals surface area (Å²) in [4.78, 5) is 13.9. The van der Waals surface area contributed by atoms with Gasteiger partial charge in [0.15, 0.2) is 5.78 Å². The van der Waals surface area contributed by atoms with E-state index >= 15 is 0 Å². The number of benzene rings is 1. The minimum absolute atomic E-state index is 0.0275. The first-order valence-corrected chi connectivity index (χ1v) is 14.8. The number of carbonyl (C=O) groups excluding carboxylic acids is 1. The second kappa shape index (κ2) is 8.14. The van der Waals surface area contributed by atoms with Crippen molar-refractivity contribution in [3.8, 4) is 11.3 Å². The Morgan fingerprint density at radius 2 is 1.73 bits per heavy atom. The molecule has 2 aliphatic heterocycles. The normalized spacial score (nSPS) is 44.6. The van der Waals surface area contributed by atoms with Gasteiger partial charge in [0, 0.05) is 22.8 Å². The van der Waals surface area contributed by atoms with Crippen molar-refractivity contribution < 1.29 is 30.0 Å². The highest BCUT2D eigenvalue weighted by Gasteiger charge is 2.87. The molecule has 9 heteroatoms. The number of aliphatic hydroxyl groups is 4. The Morgan fingerprint density at radius 1 is 1.05 bits per heavy atom. The number of Topliss-reactive ketones (excluding diaryl/α,β-unsaturated/α-hetero) is 1. The van der Waals surface area contributed by atoms with Gasteiger partial charge in [-0.25, -0.2) is 4.68 Å². The van der Waals surface area contributed by atoms with Gasteiger partial charge in [-0.2, -0.15) is 0 Å². The van der Waals surface area contributed by atoms with Gasteiger partial charge in [0.05, 0.1) is 31.1 Å². The van der Waals surface area contributed by atoms with E-state index in [1.165, 1.54) is 5.56 Å². The molecule has 220 valence electrons. The van der Waals surface area contributed by atoms with Crippen LogP contribution in [0.15, 0.2) is 42.6 Å². The van der Waals surface area contributed by atoms with E-state index in [0.29, 0.717) is 25.0 Å². The molecule has 0 radical (unpaired) electrons. The molecule has 9 nitrogen and oxygen atoms in total. The van der Waals surface area contributed by atoms with Gasteiger partial charge < -0.3 is 25.2 Å². The van der Waals surface area contributed by atoms with Crippen LogP contribution in [0.3, 0.4) is 0 Å². The van der Waals surface area contributed by atoms with Crippen LogP contribution in [0.5, 0.6) is 0 Å². The van der Waals surface area contributed by atoms with Gasteiger partial charge in [-0.1, -0.05) is 70.7 Å². The largest absolute Gasteiger partial charge is 0.391 e. The molecule has 2 aromatic rings. The molecule has 41 heavy (non-hydrogen) atoms. The molecule has 2 spiro atoms. The Balaban J connectivity index is 1.32. The van der Waals surface area contributed by atoms with Crippen LogP contribution < -0.4 is 0 Å². The van der Waals surface area contributed by atoms with Gasteiger partial charge in [0.25, 0.3) is 0 Å². The number of hydrogen-bond acceptors (Lipinski definition) is 8. The van der Waals surface area contributed by atoms with Gasteiger partial charge in [0.2, 0.25) is 5.79 Å². The van der Waals surface area contributed by atoms with Crippen LogP contribution in [0.4, 0.5) is 0 Å². The summed E-state index contributed by atoms with van der Waals surface area (Å²) in [6, 6.07) is 7.71. The van der Waals surface area contributed by atoms with Crippen LogP contribution in [-0.2, 0) is 14.9 Å². The maximum Gasteiger partial charge on any atom is 0.208 e. The van der Waals surface area contributed by atoms with Crippen LogP contribution >= 0.6 is 0 Å². The third-order valence-corrected chi connectivity index (χ3v) is 11.7. The monoisotopic (exact) mass is 563 g/mol. The zero-order valence-electron chi connectivity index (χ0n) is 24.4. The number of fused-ring (bicyclic) bond motifs is 2. The molecule has 4 aliphatic carbocycles. The second-order valence-electron chi connectivity index (χ2n) is 15.0. The lowest BCUT2D eigenvalue weighted by molar-refractivity contribution is -0.461. The summed E-state index contributed by atoms with van der Waals surface area (Å²) in [6.45, 7) is 14.5. The molecule has 4 N–H and O–H groups in total. The molecule has 10 atom stereocenters. The molecule has 0 unspecified atom stereocenters. The second-order valence-corrected chi connectivity index (χ2v) is 15.0. The number of ether oxygens (including phenoxy) is 1.